The van der Waals surface area contributed by atoms with Crippen molar-refractivity contribution >= 4 is 0 Å². The largest absolute Gasteiger partial charge is 0.419 e. The van der Waals surface area contributed by atoms with Crippen molar-refractivity contribution < 1.29 is 17.6 Å². The van der Waals surface area contributed by atoms with E-state index in [2.05, 4.69) is 10.2 Å². The Balaban J connectivity index is 2.55. The van der Waals surface area contributed by atoms with Gasteiger partial charge in [-0.15, -0.1) is 10.2 Å². The van der Waals surface area contributed by atoms with E-state index in [1.165, 1.54) is 6.07 Å². The van der Waals surface area contributed by atoms with E-state index in [1.807, 2.05) is 6.92 Å². The lowest BCUT2D eigenvalue weighted by atomic mass is 10.1. The molecular weight excluding hydrogens is 288 g/mol. The van der Waals surface area contributed by atoms with Gasteiger partial charge in [-0.1, -0.05) is 6.92 Å². The van der Waals surface area contributed by atoms with Crippen LogP contribution < -0.4 is 5.73 Å². The summed E-state index contributed by atoms with van der Waals surface area (Å²) in [6.07, 6.45) is -4.02. The SMILES string of the molecule is CCCn1c(CN)nnc1-c1ccc(F)c(C(F)(F)F)c1. The molecule has 0 fully saturated rings. The lowest BCUT2D eigenvalue weighted by Crippen LogP contribution is -2.11. The van der Waals surface area contributed by atoms with Gasteiger partial charge in [-0.25, -0.2) is 4.39 Å². The number of alkyl halides is 3. The van der Waals surface area contributed by atoms with E-state index in [9.17, 15) is 17.6 Å². The Morgan fingerprint density at radius 2 is 1.95 bits per heavy atom. The van der Waals surface area contributed by atoms with E-state index in [1.54, 1.807) is 4.57 Å². The van der Waals surface area contributed by atoms with Gasteiger partial charge in [-0.05, 0) is 24.6 Å². The molecule has 2 aromatic rings. The highest BCUT2D eigenvalue weighted by molar-refractivity contribution is 5.57. The zero-order valence-corrected chi connectivity index (χ0v) is 11.3. The Kier molecular flexibility index (Phi) is 4.26. The summed E-state index contributed by atoms with van der Waals surface area (Å²) in [6.45, 7) is 2.56. The summed E-state index contributed by atoms with van der Waals surface area (Å²) in [7, 11) is 0. The minimum Gasteiger partial charge on any atom is -0.324 e. The average Bonchev–Trinajstić information content (AvgIpc) is 2.81. The zero-order chi connectivity index (χ0) is 15.6. The summed E-state index contributed by atoms with van der Waals surface area (Å²) in [5.74, 6) is -0.584. The Labute approximate surface area is 118 Å². The molecule has 1 aromatic heterocycles. The maximum Gasteiger partial charge on any atom is 0.419 e. The van der Waals surface area contributed by atoms with Gasteiger partial charge in [-0.2, -0.15) is 13.2 Å². The van der Waals surface area contributed by atoms with Crippen LogP contribution in [0.15, 0.2) is 18.2 Å². The second-order valence-corrected chi connectivity index (χ2v) is 4.49. The van der Waals surface area contributed by atoms with E-state index >= 15 is 0 Å². The fraction of sp³-hybridized carbons (Fsp3) is 0.385. The number of hydrogen-bond acceptors (Lipinski definition) is 3. The predicted molar refractivity (Wildman–Crippen MR) is 68.6 cm³/mol. The van der Waals surface area contributed by atoms with E-state index in [0.29, 0.717) is 12.4 Å². The molecule has 0 aliphatic rings. The molecule has 0 amide bonds. The van der Waals surface area contributed by atoms with Gasteiger partial charge < -0.3 is 10.3 Å². The van der Waals surface area contributed by atoms with E-state index in [-0.39, 0.29) is 17.9 Å². The second kappa shape index (κ2) is 5.80. The van der Waals surface area contributed by atoms with Crippen LogP contribution in [0.1, 0.15) is 24.7 Å². The molecule has 0 aliphatic heterocycles. The second-order valence-electron chi connectivity index (χ2n) is 4.49. The molecule has 2 rings (SSSR count). The molecule has 21 heavy (non-hydrogen) atoms. The van der Waals surface area contributed by atoms with Crippen LogP contribution in [0, 0.1) is 5.82 Å². The van der Waals surface area contributed by atoms with Crippen molar-refractivity contribution in [3.05, 3.63) is 35.4 Å². The number of benzene rings is 1. The number of halogens is 4. The third-order valence-electron chi connectivity index (χ3n) is 2.99. The molecule has 0 spiro atoms. The van der Waals surface area contributed by atoms with Gasteiger partial charge in [0.25, 0.3) is 0 Å². The number of nitrogens with zero attached hydrogens (tertiary/aromatic N) is 3. The number of nitrogens with two attached hydrogens (primary N) is 1. The standard InChI is InChI=1S/C13H14F4N4/c1-2-5-21-11(7-18)19-20-12(21)8-3-4-10(14)9(6-8)13(15,16)17/h3-4,6H,2,5,7,18H2,1H3. The minimum atomic E-state index is -4.76. The summed E-state index contributed by atoms with van der Waals surface area (Å²) in [4.78, 5) is 0. The fourth-order valence-corrected chi connectivity index (χ4v) is 2.04. The van der Waals surface area contributed by atoms with Crippen molar-refractivity contribution in [2.75, 3.05) is 0 Å². The number of aromatic nitrogens is 3. The van der Waals surface area contributed by atoms with Gasteiger partial charge in [-0.3, -0.25) is 0 Å². The number of rotatable bonds is 4. The molecule has 0 saturated carbocycles. The third kappa shape index (κ3) is 3.05. The van der Waals surface area contributed by atoms with Crippen LogP contribution in [-0.2, 0) is 19.3 Å². The Bertz CT molecular complexity index is 634. The predicted octanol–water partition coefficient (Wildman–Crippen LogP) is 2.97. The zero-order valence-electron chi connectivity index (χ0n) is 11.3. The van der Waals surface area contributed by atoms with Crippen molar-refractivity contribution in [3.63, 3.8) is 0 Å². The molecule has 1 heterocycles. The first kappa shape index (κ1) is 15.4. The van der Waals surface area contributed by atoms with Crippen LogP contribution in [-0.4, -0.2) is 14.8 Å². The maximum absolute atomic E-state index is 13.3. The van der Waals surface area contributed by atoms with Crippen molar-refractivity contribution in [1.29, 1.82) is 0 Å². The first-order chi connectivity index (χ1) is 9.88. The maximum atomic E-state index is 13.3. The van der Waals surface area contributed by atoms with Crippen molar-refractivity contribution in [1.82, 2.24) is 14.8 Å². The minimum absolute atomic E-state index is 0.125. The molecule has 0 saturated heterocycles. The fourth-order valence-electron chi connectivity index (χ4n) is 2.04. The molecule has 2 N–H and O–H groups in total. The molecular formula is C13H14F4N4. The lowest BCUT2D eigenvalue weighted by molar-refractivity contribution is -0.139. The van der Waals surface area contributed by atoms with Gasteiger partial charge in [0, 0.05) is 12.1 Å². The monoisotopic (exact) mass is 302 g/mol. The highest BCUT2D eigenvalue weighted by Crippen LogP contribution is 2.34. The number of hydrogen-bond donors (Lipinski definition) is 1. The molecule has 0 bridgehead atoms. The highest BCUT2D eigenvalue weighted by Gasteiger charge is 2.34. The van der Waals surface area contributed by atoms with E-state index in [4.69, 9.17) is 5.73 Å². The van der Waals surface area contributed by atoms with Gasteiger partial charge in [0.2, 0.25) is 0 Å². The molecule has 0 atom stereocenters. The molecule has 1 aromatic carbocycles. The van der Waals surface area contributed by atoms with Crippen molar-refractivity contribution in [2.45, 2.75) is 32.6 Å². The van der Waals surface area contributed by atoms with Gasteiger partial charge in [0.15, 0.2) is 5.82 Å². The molecule has 4 nitrogen and oxygen atoms in total. The topological polar surface area (TPSA) is 56.7 Å². The molecule has 0 unspecified atom stereocenters. The first-order valence-corrected chi connectivity index (χ1v) is 6.37. The average molecular weight is 302 g/mol. The molecule has 114 valence electrons. The van der Waals surface area contributed by atoms with E-state index < -0.39 is 17.6 Å². The Morgan fingerprint density at radius 3 is 2.52 bits per heavy atom. The van der Waals surface area contributed by atoms with Crippen molar-refractivity contribution in [3.8, 4) is 11.4 Å². The summed E-state index contributed by atoms with van der Waals surface area (Å²) < 4.78 is 53.2. The summed E-state index contributed by atoms with van der Waals surface area (Å²) >= 11 is 0. The summed E-state index contributed by atoms with van der Waals surface area (Å²) in [5.41, 5.74) is 4.37. The van der Waals surface area contributed by atoms with Gasteiger partial charge >= 0.3 is 6.18 Å². The van der Waals surface area contributed by atoms with E-state index in [0.717, 1.165) is 18.6 Å². The van der Waals surface area contributed by atoms with Crippen LogP contribution in [0.25, 0.3) is 11.4 Å². The van der Waals surface area contributed by atoms with Crippen LogP contribution in [0.3, 0.4) is 0 Å². The van der Waals surface area contributed by atoms with Crippen molar-refractivity contribution in [2.24, 2.45) is 5.73 Å². The Hall–Kier alpha value is -1.96. The van der Waals surface area contributed by atoms with Crippen LogP contribution in [0.2, 0.25) is 0 Å². The third-order valence-corrected chi connectivity index (χ3v) is 2.99. The normalized spacial score (nSPS) is 11.9. The van der Waals surface area contributed by atoms with Crippen LogP contribution in [0.4, 0.5) is 17.6 Å². The molecule has 0 radical (unpaired) electrons. The van der Waals surface area contributed by atoms with Crippen LogP contribution >= 0.6 is 0 Å². The molecule has 8 heteroatoms. The Morgan fingerprint density at radius 1 is 1.24 bits per heavy atom. The van der Waals surface area contributed by atoms with Gasteiger partial charge in [0.05, 0.1) is 12.1 Å². The quantitative estimate of drug-likeness (QED) is 0.883. The first-order valence-electron chi connectivity index (χ1n) is 6.37. The lowest BCUT2D eigenvalue weighted by Gasteiger charge is -2.11. The molecule has 0 aliphatic carbocycles. The van der Waals surface area contributed by atoms with Crippen LogP contribution in [0.5, 0.6) is 0 Å². The summed E-state index contributed by atoms with van der Waals surface area (Å²) in [5, 5.41) is 7.73. The van der Waals surface area contributed by atoms with Gasteiger partial charge in [0.1, 0.15) is 11.6 Å². The highest BCUT2D eigenvalue weighted by atomic mass is 19.4. The smallest absolute Gasteiger partial charge is 0.324 e. The summed E-state index contributed by atoms with van der Waals surface area (Å²) in [6, 6.07) is 2.78.